The molecule has 8 heteroatoms. The molecule has 1 saturated heterocycles. The number of hydrogen-bond acceptors (Lipinski definition) is 3. The number of halogens is 3. The van der Waals surface area contributed by atoms with E-state index < -0.39 is 12.1 Å². The minimum atomic E-state index is -5.08. The van der Waals surface area contributed by atoms with Crippen LogP contribution in [0.25, 0.3) is 0 Å². The summed E-state index contributed by atoms with van der Waals surface area (Å²) >= 11 is 0. The third-order valence-corrected chi connectivity index (χ3v) is 4.14. The second-order valence-corrected chi connectivity index (χ2v) is 5.67. The summed E-state index contributed by atoms with van der Waals surface area (Å²) in [4.78, 5) is 23.5. The average Bonchev–Trinajstić information content (AvgIpc) is 2.54. The molecule has 2 heterocycles. The van der Waals surface area contributed by atoms with Gasteiger partial charge in [0.25, 0.3) is 5.91 Å². The Morgan fingerprint density at radius 3 is 2.67 bits per heavy atom. The SMILES string of the molecule is CCc1cccc2c1C(=O)N1CCNC[C@H]1C2.O=C(O)C(F)(F)F. The number of fused-ring (bicyclic) bond motifs is 2. The topological polar surface area (TPSA) is 69.6 Å². The average molecular weight is 344 g/mol. The summed E-state index contributed by atoms with van der Waals surface area (Å²) < 4.78 is 31.7. The predicted molar refractivity (Wildman–Crippen MR) is 80.9 cm³/mol. The molecule has 24 heavy (non-hydrogen) atoms. The normalized spacial score (nSPS) is 19.8. The van der Waals surface area contributed by atoms with Gasteiger partial charge in [0.05, 0.1) is 0 Å². The van der Waals surface area contributed by atoms with Gasteiger partial charge in [0, 0.05) is 31.2 Å². The van der Waals surface area contributed by atoms with Gasteiger partial charge in [0.1, 0.15) is 0 Å². The van der Waals surface area contributed by atoms with Crippen molar-refractivity contribution in [1.82, 2.24) is 10.2 Å². The number of carbonyl (C=O) groups excluding carboxylic acids is 1. The van der Waals surface area contributed by atoms with Gasteiger partial charge in [-0.3, -0.25) is 4.79 Å². The molecule has 0 unspecified atom stereocenters. The molecule has 1 aromatic carbocycles. The van der Waals surface area contributed by atoms with Crippen LogP contribution in [0.4, 0.5) is 13.2 Å². The van der Waals surface area contributed by atoms with Gasteiger partial charge in [-0.1, -0.05) is 25.1 Å². The van der Waals surface area contributed by atoms with Crippen molar-refractivity contribution in [3.05, 3.63) is 34.9 Å². The first kappa shape index (κ1) is 18.3. The lowest BCUT2D eigenvalue weighted by Gasteiger charge is -2.40. The van der Waals surface area contributed by atoms with Crippen LogP contribution in [0.1, 0.15) is 28.4 Å². The van der Waals surface area contributed by atoms with Crippen LogP contribution in [0.3, 0.4) is 0 Å². The van der Waals surface area contributed by atoms with E-state index in [9.17, 15) is 18.0 Å². The van der Waals surface area contributed by atoms with Crippen LogP contribution < -0.4 is 5.32 Å². The van der Waals surface area contributed by atoms with Crippen LogP contribution in [-0.2, 0) is 17.6 Å². The van der Waals surface area contributed by atoms with E-state index in [0.717, 1.165) is 38.0 Å². The molecule has 0 radical (unpaired) electrons. The number of aryl methyl sites for hydroxylation is 1. The van der Waals surface area contributed by atoms with Crippen molar-refractivity contribution >= 4 is 11.9 Å². The number of aliphatic carboxylic acids is 1. The standard InChI is InChI=1S/C14H18N2O.C2HF3O2/c1-2-10-4-3-5-11-8-12-9-15-6-7-16(12)14(17)13(10)11;3-2(4,5)1(6)7/h3-5,12,15H,2,6-9H2,1H3;(H,6,7)/t12-;/m1./s1. The van der Waals surface area contributed by atoms with Gasteiger partial charge >= 0.3 is 12.1 Å². The molecule has 1 atom stereocenters. The fourth-order valence-electron chi connectivity index (χ4n) is 3.00. The van der Waals surface area contributed by atoms with E-state index in [4.69, 9.17) is 9.90 Å². The largest absolute Gasteiger partial charge is 0.490 e. The van der Waals surface area contributed by atoms with Gasteiger partial charge in [-0.25, -0.2) is 4.79 Å². The summed E-state index contributed by atoms with van der Waals surface area (Å²) in [6.07, 6.45) is -3.15. The molecule has 3 rings (SSSR count). The molecule has 132 valence electrons. The van der Waals surface area contributed by atoms with Crippen LogP contribution in [0, 0.1) is 0 Å². The molecule has 0 saturated carbocycles. The molecule has 0 aliphatic carbocycles. The fourth-order valence-corrected chi connectivity index (χ4v) is 3.00. The lowest BCUT2D eigenvalue weighted by Crippen LogP contribution is -2.56. The second-order valence-electron chi connectivity index (χ2n) is 5.67. The van der Waals surface area contributed by atoms with E-state index >= 15 is 0 Å². The molecule has 2 N–H and O–H groups in total. The molecular formula is C16H19F3N2O3. The number of carbonyl (C=O) groups is 2. The van der Waals surface area contributed by atoms with E-state index in [2.05, 4.69) is 35.3 Å². The number of benzene rings is 1. The summed E-state index contributed by atoms with van der Waals surface area (Å²) in [5.41, 5.74) is 3.41. The molecule has 5 nitrogen and oxygen atoms in total. The fraction of sp³-hybridized carbons (Fsp3) is 0.500. The summed E-state index contributed by atoms with van der Waals surface area (Å²) in [6.45, 7) is 4.82. The number of carboxylic acid groups (broad SMARTS) is 1. The number of amides is 1. The van der Waals surface area contributed by atoms with Crippen LogP contribution in [0.5, 0.6) is 0 Å². The summed E-state index contributed by atoms with van der Waals surface area (Å²) in [6, 6.07) is 6.63. The molecule has 2 aliphatic heterocycles. The van der Waals surface area contributed by atoms with Crippen molar-refractivity contribution in [2.45, 2.75) is 32.0 Å². The lowest BCUT2D eigenvalue weighted by molar-refractivity contribution is -0.192. The van der Waals surface area contributed by atoms with Gasteiger partial charge in [-0.15, -0.1) is 0 Å². The Morgan fingerprint density at radius 2 is 2.08 bits per heavy atom. The molecule has 1 fully saturated rings. The molecule has 0 spiro atoms. The van der Waals surface area contributed by atoms with E-state index in [1.54, 1.807) is 0 Å². The number of carboxylic acids is 1. The van der Waals surface area contributed by atoms with Crippen LogP contribution in [0.15, 0.2) is 18.2 Å². The Hall–Kier alpha value is -2.09. The first-order valence-electron chi connectivity index (χ1n) is 7.68. The zero-order valence-electron chi connectivity index (χ0n) is 13.2. The van der Waals surface area contributed by atoms with Crippen molar-refractivity contribution in [2.75, 3.05) is 19.6 Å². The van der Waals surface area contributed by atoms with E-state index in [0.29, 0.717) is 6.04 Å². The summed E-state index contributed by atoms with van der Waals surface area (Å²) in [5, 5.41) is 10.5. The van der Waals surface area contributed by atoms with Crippen molar-refractivity contribution < 1.29 is 27.9 Å². The minimum Gasteiger partial charge on any atom is -0.475 e. The predicted octanol–water partition coefficient (Wildman–Crippen LogP) is 1.85. The minimum absolute atomic E-state index is 0.246. The number of nitrogens with one attached hydrogen (secondary N) is 1. The Bertz CT molecular complexity index is 631. The van der Waals surface area contributed by atoms with Gasteiger partial charge < -0.3 is 15.3 Å². The Kier molecular flexibility index (Phi) is 5.48. The van der Waals surface area contributed by atoms with Crippen LogP contribution in [-0.4, -0.2) is 53.7 Å². The third-order valence-electron chi connectivity index (χ3n) is 4.14. The maximum absolute atomic E-state index is 12.5. The molecule has 1 amide bonds. The van der Waals surface area contributed by atoms with Crippen molar-refractivity contribution in [3.8, 4) is 0 Å². The summed E-state index contributed by atoms with van der Waals surface area (Å²) in [7, 11) is 0. The van der Waals surface area contributed by atoms with Gasteiger partial charge in [0.15, 0.2) is 0 Å². The van der Waals surface area contributed by atoms with Gasteiger partial charge in [-0.05, 0) is 24.0 Å². The second kappa shape index (κ2) is 7.21. The van der Waals surface area contributed by atoms with Gasteiger partial charge in [-0.2, -0.15) is 13.2 Å². The van der Waals surface area contributed by atoms with Crippen LogP contribution >= 0.6 is 0 Å². The highest BCUT2D eigenvalue weighted by molar-refractivity contribution is 5.98. The molecular weight excluding hydrogens is 325 g/mol. The number of alkyl halides is 3. The number of nitrogens with zero attached hydrogens (tertiary/aromatic N) is 1. The highest BCUT2D eigenvalue weighted by Crippen LogP contribution is 2.27. The molecule has 2 aliphatic rings. The third kappa shape index (κ3) is 3.87. The first-order valence-corrected chi connectivity index (χ1v) is 7.68. The molecule has 0 aromatic heterocycles. The Labute approximate surface area is 137 Å². The van der Waals surface area contributed by atoms with Crippen molar-refractivity contribution in [3.63, 3.8) is 0 Å². The van der Waals surface area contributed by atoms with E-state index in [-0.39, 0.29) is 5.91 Å². The molecule has 0 bridgehead atoms. The monoisotopic (exact) mass is 344 g/mol. The highest BCUT2D eigenvalue weighted by atomic mass is 19.4. The maximum atomic E-state index is 12.5. The quantitative estimate of drug-likeness (QED) is 0.816. The zero-order chi connectivity index (χ0) is 17.9. The number of rotatable bonds is 1. The van der Waals surface area contributed by atoms with E-state index in [1.165, 1.54) is 11.1 Å². The summed E-state index contributed by atoms with van der Waals surface area (Å²) in [5.74, 6) is -2.51. The number of piperazine rings is 1. The van der Waals surface area contributed by atoms with Crippen LogP contribution in [0.2, 0.25) is 0 Å². The number of hydrogen-bond donors (Lipinski definition) is 2. The zero-order valence-corrected chi connectivity index (χ0v) is 13.2. The van der Waals surface area contributed by atoms with Crippen molar-refractivity contribution in [2.24, 2.45) is 0 Å². The smallest absolute Gasteiger partial charge is 0.475 e. The Balaban J connectivity index is 0.000000256. The maximum Gasteiger partial charge on any atom is 0.490 e. The highest BCUT2D eigenvalue weighted by Gasteiger charge is 2.38. The van der Waals surface area contributed by atoms with E-state index in [1.807, 2.05) is 0 Å². The first-order chi connectivity index (χ1) is 11.3. The lowest BCUT2D eigenvalue weighted by atomic mass is 9.88. The molecule has 1 aromatic rings. The Morgan fingerprint density at radius 1 is 1.42 bits per heavy atom. The van der Waals surface area contributed by atoms with Crippen molar-refractivity contribution in [1.29, 1.82) is 0 Å². The van der Waals surface area contributed by atoms with Gasteiger partial charge in [0.2, 0.25) is 0 Å².